The Hall–Kier alpha value is -2.21. The summed E-state index contributed by atoms with van der Waals surface area (Å²) in [6.07, 6.45) is 3.63. The fourth-order valence-corrected chi connectivity index (χ4v) is 3.44. The van der Waals surface area contributed by atoms with Crippen LogP contribution in [0.25, 0.3) is 0 Å². The summed E-state index contributed by atoms with van der Waals surface area (Å²) in [6, 6.07) is 6.15. The topological polar surface area (TPSA) is 67.5 Å². The maximum absolute atomic E-state index is 11.7. The normalized spacial score (nSPS) is 19.9. The zero-order valence-electron chi connectivity index (χ0n) is 12.4. The van der Waals surface area contributed by atoms with Crippen molar-refractivity contribution in [3.8, 4) is 11.5 Å². The first-order valence-electron chi connectivity index (χ1n) is 7.63. The van der Waals surface area contributed by atoms with Gasteiger partial charge in [-0.1, -0.05) is 17.7 Å². The van der Waals surface area contributed by atoms with Crippen LogP contribution < -0.4 is 19.9 Å². The van der Waals surface area contributed by atoms with E-state index in [4.69, 9.17) is 21.1 Å². The van der Waals surface area contributed by atoms with Gasteiger partial charge in [-0.3, -0.25) is 4.79 Å². The number of nitrogens with zero attached hydrogens (tertiary/aromatic N) is 2. The lowest BCUT2D eigenvalue weighted by molar-refractivity contribution is 0.171. The van der Waals surface area contributed by atoms with E-state index in [1.807, 2.05) is 18.2 Å². The lowest BCUT2D eigenvalue weighted by Crippen LogP contribution is -2.25. The van der Waals surface area contributed by atoms with Gasteiger partial charge in [-0.2, -0.15) is 5.10 Å². The van der Waals surface area contributed by atoms with Gasteiger partial charge in [-0.05, 0) is 30.5 Å². The van der Waals surface area contributed by atoms with Crippen molar-refractivity contribution >= 4 is 17.3 Å². The van der Waals surface area contributed by atoms with Crippen LogP contribution >= 0.6 is 11.6 Å². The van der Waals surface area contributed by atoms with Crippen molar-refractivity contribution in [2.24, 2.45) is 0 Å². The number of ether oxygens (including phenoxy) is 2. The van der Waals surface area contributed by atoms with Crippen LogP contribution in [0.3, 0.4) is 0 Å². The summed E-state index contributed by atoms with van der Waals surface area (Å²) < 4.78 is 11.2. The van der Waals surface area contributed by atoms with E-state index in [9.17, 15) is 4.79 Å². The molecule has 7 heteroatoms. The van der Waals surface area contributed by atoms with E-state index in [-0.39, 0.29) is 16.6 Å². The van der Waals surface area contributed by atoms with Gasteiger partial charge in [0.15, 0.2) is 11.5 Å². The Morgan fingerprint density at radius 1 is 1.26 bits per heavy atom. The number of aromatic nitrogens is 2. The first kappa shape index (κ1) is 14.4. The summed E-state index contributed by atoms with van der Waals surface area (Å²) in [4.78, 5) is 13.9. The molecule has 0 amide bonds. The van der Waals surface area contributed by atoms with Crippen molar-refractivity contribution in [3.05, 3.63) is 45.3 Å². The maximum Gasteiger partial charge on any atom is 0.285 e. The monoisotopic (exact) mass is 333 g/mol. The van der Waals surface area contributed by atoms with Gasteiger partial charge in [0.2, 0.25) is 0 Å². The molecule has 6 nitrogen and oxygen atoms in total. The van der Waals surface area contributed by atoms with Crippen molar-refractivity contribution in [1.82, 2.24) is 10.2 Å². The molecule has 23 heavy (non-hydrogen) atoms. The Labute approximate surface area is 138 Å². The Morgan fingerprint density at radius 3 is 2.96 bits per heavy atom. The molecule has 2 aliphatic heterocycles. The summed E-state index contributed by atoms with van der Waals surface area (Å²) in [5, 5.41) is 6.42. The number of halogens is 1. The van der Waals surface area contributed by atoms with Gasteiger partial charge in [-0.15, -0.1) is 0 Å². The summed E-state index contributed by atoms with van der Waals surface area (Å²) in [6.45, 7) is 1.98. The molecule has 0 radical (unpaired) electrons. The zero-order valence-corrected chi connectivity index (χ0v) is 13.2. The minimum absolute atomic E-state index is 0.145. The number of benzene rings is 1. The molecular formula is C16H16ClN3O3. The average molecular weight is 334 g/mol. The van der Waals surface area contributed by atoms with E-state index in [2.05, 4.69) is 15.1 Å². The smallest absolute Gasteiger partial charge is 0.285 e. The van der Waals surface area contributed by atoms with Crippen LogP contribution in [0.2, 0.25) is 5.02 Å². The molecule has 0 aliphatic carbocycles. The second kappa shape index (κ2) is 5.77. The van der Waals surface area contributed by atoms with Gasteiger partial charge in [0.05, 0.1) is 17.9 Å². The second-order valence-electron chi connectivity index (χ2n) is 5.65. The molecule has 4 rings (SSSR count). The number of H-pyrrole nitrogens is 1. The van der Waals surface area contributed by atoms with Gasteiger partial charge < -0.3 is 14.4 Å². The summed E-state index contributed by atoms with van der Waals surface area (Å²) in [7, 11) is 0. The molecule has 120 valence electrons. The minimum atomic E-state index is -0.364. The van der Waals surface area contributed by atoms with Crippen LogP contribution in [-0.2, 0) is 0 Å². The fraction of sp³-hybridized carbons (Fsp3) is 0.375. The molecular weight excluding hydrogens is 318 g/mol. The van der Waals surface area contributed by atoms with Crippen molar-refractivity contribution < 1.29 is 9.47 Å². The molecule has 1 aromatic carbocycles. The molecule has 1 fully saturated rings. The number of anilines is 1. The number of fused-ring (bicyclic) bond motifs is 1. The number of nitrogens with one attached hydrogen (secondary N) is 1. The molecule has 1 aromatic heterocycles. The largest absolute Gasteiger partial charge is 0.486 e. The predicted molar refractivity (Wildman–Crippen MR) is 86.6 cm³/mol. The molecule has 1 saturated heterocycles. The van der Waals surface area contributed by atoms with Gasteiger partial charge in [0.25, 0.3) is 5.56 Å². The highest BCUT2D eigenvalue weighted by atomic mass is 35.5. The van der Waals surface area contributed by atoms with Crippen molar-refractivity contribution in [2.45, 2.75) is 18.9 Å². The Bertz CT molecular complexity index is 792. The molecule has 0 saturated carbocycles. The third-order valence-electron chi connectivity index (χ3n) is 4.29. The third-order valence-corrected chi connectivity index (χ3v) is 4.66. The van der Waals surface area contributed by atoms with Gasteiger partial charge >= 0.3 is 0 Å². The summed E-state index contributed by atoms with van der Waals surface area (Å²) >= 11 is 6.17. The molecule has 0 bridgehead atoms. The van der Waals surface area contributed by atoms with E-state index in [0.717, 1.165) is 36.4 Å². The molecule has 0 unspecified atom stereocenters. The standard InChI is InChI=1S/C16H16ClN3O3/c17-15-12(9-18-19-16(15)21)20-5-1-2-11(20)10-3-4-13-14(8-10)23-7-6-22-13/h3-4,8-9,11H,1-2,5-7H2,(H,19,21)/t11-/m0/s1. The Balaban J connectivity index is 1.70. The van der Waals surface area contributed by atoms with Crippen molar-refractivity contribution in [3.63, 3.8) is 0 Å². The first-order chi connectivity index (χ1) is 11.2. The highest BCUT2D eigenvalue weighted by Gasteiger charge is 2.29. The number of hydrogen-bond acceptors (Lipinski definition) is 5. The number of rotatable bonds is 2. The van der Waals surface area contributed by atoms with Gasteiger partial charge in [0, 0.05) is 6.54 Å². The van der Waals surface area contributed by atoms with Gasteiger partial charge in [-0.25, -0.2) is 5.10 Å². The highest BCUT2D eigenvalue weighted by Crippen LogP contribution is 2.41. The SMILES string of the molecule is O=c1[nH]ncc(N2CCC[C@H]2c2ccc3c(c2)OCCO3)c1Cl. The quantitative estimate of drug-likeness (QED) is 0.914. The minimum Gasteiger partial charge on any atom is -0.486 e. The van der Waals surface area contributed by atoms with E-state index >= 15 is 0 Å². The first-order valence-corrected chi connectivity index (χ1v) is 8.01. The van der Waals surface area contributed by atoms with Crippen LogP contribution in [0.1, 0.15) is 24.4 Å². The molecule has 0 spiro atoms. The summed E-state index contributed by atoms with van der Waals surface area (Å²) in [5.41, 5.74) is 1.44. The summed E-state index contributed by atoms with van der Waals surface area (Å²) in [5.74, 6) is 1.55. The zero-order chi connectivity index (χ0) is 15.8. The number of aromatic amines is 1. The third kappa shape index (κ3) is 2.53. The van der Waals surface area contributed by atoms with E-state index < -0.39 is 0 Å². The second-order valence-corrected chi connectivity index (χ2v) is 6.03. The average Bonchev–Trinajstić information content (AvgIpc) is 3.06. The molecule has 3 heterocycles. The predicted octanol–water partition coefficient (Wildman–Crippen LogP) is 2.54. The van der Waals surface area contributed by atoms with E-state index in [1.54, 1.807) is 6.20 Å². The fourth-order valence-electron chi connectivity index (χ4n) is 3.24. The molecule has 2 aromatic rings. The van der Waals surface area contributed by atoms with Crippen LogP contribution in [0.15, 0.2) is 29.2 Å². The molecule has 1 atom stereocenters. The maximum atomic E-state index is 11.7. The number of hydrogen-bond donors (Lipinski definition) is 1. The highest BCUT2D eigenvalue weighted by molar-refractivity contribution is 6.33. The molecule has 2 aliphatic rings. The van der Waals surface area contributed by atoms with Crippen LogP contribution in [0, 0.1) is 0 Å². The van der Waals surface area contributed by atoms with Crippen LogP contribution in [0.5, 0.6) is 11.5 Å². The lowest BCUT2D eigenvalue weighted by atomic mass is 10.0. The van der Waals surface area contributed by atoms with Gasteiger partial charge in [0.1, 0.15) is 18.2 Å². The van der Waals surface area contributed by atoms with E-state index in [1.165, 1.54) is 0 Å². The Morgan fingerprint density at radius 2 is 2.09 bits per heavy atom. The lowest BCUT2D eigenvalue weighted by Gasteiger charge is -2.28. The Kier molecular flexibility index (Phi) is 3.61. The van der Waals surface area contributed by atoms with Crippen LogP contribution in [-0.4, -0.2) is 30.0 Å². The van der Waals surface area contributed by atoms with Crippen LogP contribution in [0.4, 0.5) is 5.69 Å². The van der Waals surface area contributed by atoms with Crippen molar-refractivity contribution in [1.29, 1.82) is 0 Å². The molecule has 1 N–H and O–H groups in total. The van der Waals surface area contributed by atoms with Crippen molar-refractivity contribution in [2.75, 3.05) is 24.7 Å². The van der Waals surface area contributed by atoms with E-state index in [0.29, 0.717) is 18.9 Å².